The minimum atomic E-state index is -0.327. The number of ether oxygens (including phenoxy) is 1. The zero-order valence-corrected chi connectivity index (χ0v) is 17.3. The van der Waals surface area contributed by atoms with Gasteiger partial charge in [-0.15, -0.1) is 10.2 Å². The van der Waals surface area contributed by atoms with Gasteiger partial charge in [-0.05, 0) is 32.4 Å². The second-order valence-electron chi connectivity index (χ2n) is 6.52. The van der Waals surface area contributed by atoms with Gasteiger partial charge in [0.15, 0.2) is 5.58 Å². The van der Waals surface area contributed by atoms with Crippen LogP contribution in [0.3, 0.4) is 0 Å². The Hall–Kier alpha value is -3.00. The molecule has 0 bridgehead atoms. The Morgan fingerprint density at radius 1 is 1.24 bits per heavy atom. The van der Waals surface area contributed by atoms with Crippen molar-refractivity contribution in [2.24, 2.45) is 0 Å². The van der Waals surface area contributed by atoms with E-state index in [-0.39, 0.29) is 11.2 Å². The highest BCUT2D eigenvalue weighted by Crippen LogP contribution is 2.33. The molecule has 0 aliphatic heterocycles. The number of furan rings is 1. The number of amides is 1. The molecule has 29 heavy (non-hydrogen) atoms. The van der Waals surface area contributed by atoms with Gasteiger partial charge in [0.1, 0.15) is 16.6 Å². The standard InChI is InChI=1S/C21H22N4O3S/c1-4-19(20(26)22-14-8-6-7-9-17(14)27-5-2)29-21-16-12-18-15(10-11-28-18)25(16)13(3)23-24-21/h6-12,19H,4-5H2,1-3H3,(H,22,26)/t19-/m1/s1. The highest BCUT2D eigenvalue weighted by atomic mass is 32.2. The summed E-state index contributed by atoms with van der Waals surface area (Å²) in [7, 11) is 0. The monoisotopic (exact) mass is 410 g/mol. The van der Waals surface area contributed by atoms with E-state index < -0.39 is 0 Å². The first kappa shape index (κ1) is 19.3. The molecule has 8 heteroatoms. The van der Waals surface area contributed by atoms with Crippen molar-refractivity contribution in [3.05, 3.63) is 48.5 Å². The fourth-order valence-electron chi connectivity index (χ4n) is 3.25. The number of thioether (sulfide) groups is 1. The Labute approximate surface area is 172 Å². The van der Waals surface area contributed by atoms with E-state index in [0.29, 0.717) is 29.5 Å². The molecule has 0 saturated carbocycles. The van der Waals surface area contributed by atoms with Crippen molar-refractivity contribution in [1.29, 1.82) is 0 Å². The van der Waals surface area contributed by atoms with Crippen molar-refractivity contribution in [2.75, 3.05) is 11.9 Å². The Kier molecular flexibility index (Phi) is 5.44. The third-order valence-corrected chi connectivity index (χ3v) is 5.96. The number of hydrogen-bond donors (Lipinski definition) is 1. The predicted octanol–water partition coefficient (Wildman–Crippen LogP) is 4.69. The van der Waals surface area contributed by atoms with E-state index in [2.05, 4.69) is 15.5 Å². The summed E-state index contributed by atoms with van der Waals surface area (Å²) in [6.07, 6.45) is 2.30. The molecule has 1 N–H and O–H groups in total. The van der Waals surface area contributed by atoms with Crippen LogP contribution in [0.15, 0.2) is 52.1 Å². The van der Waals surface area contributed by atoms with Gasteiger partial charge < -0.3 is 14.5 Å². The normalized spacial score (nSPS) is 12.4. The Morgan fingerprint density at radius 2 is 2.07 bits per heavy atom. The van der Waals surface area contributed by atoms with E-state index in [1.54, 1.807) is 6.26 Å². The number of aromatic nitrogens is 3. The molecule has 0 spiro atoms. The maximum absolute atomic E-state index is 13.0. The topological polar surface area (TPSA) is 81.7 Å². The van der Waals surface area contributed by atoms with Crippen LogP contribution in [-0.2, 0) is 4.79 Å². The summed E-state index contributed by atoms with van der Waals surface area (Å²) in [6.45, 7) is 6.33. The highest BCUT2D eigenvalue weighted by Gasteiger charge is 2.23. The van der Waals surface area contributed by atoms with Gasteiger partial charge in [0.2, 0.25) is 5.91 Å². The molecule has 0 saturated heterocycles. The van der Waals surface area contributed by atoms with E-state index in [9.17, 15) is 4.79 Å². The van der Waals surface area contributed by atoms with Crippen LogP contribution >= 0.6 is 11.8 Å². The van der Waals surface area contributed by atoms with Crippen LogP contribution in [0.4, 0.5) is 5.69 Å². The van der Waals surface area contributed by atoms with Gasteiger partial charge in [0, 0.05) is 12.1 Å². The lowest BCUT2D eigenvalue weighted by atomic mass is 10.2. The minimum absolute atomic E-state index is 0.0968. The first-order chi connectivity index (χ1) is 14.1. The van der Waals surface area contributed by atoms with E-state index in [1.807, 2.05) is 61.6 Å². The van der Waals surface area contributed by atoms with Gasteiger partial charge in [-0.1, -0.05) is 30.8 Å². The van der Waals surface area contributed by atoms with Gasteiger partial charge >= 0.3 is 0 Å². The van der Waals surface area contributed by atoms with E-state index in [0.717, 1.165) is 22.4 Å². The molecule has 3 aromatic heterocycles. The van der Waals surface area contributed by atoms with Crippen LogP contribution in [0.2, 0.25) is 0 Å². The molecule has 1 amide bonds. The molecule has 0 radical (unpaired) electrons. The maximum atomic E-state index is 13.0. The SMILES string of the molecule is CCOc1ccccc1NC(=O)[C@@H](CC)Sc1nnc(C)n2c1cc1occc12. The number of benzene rings is 1. The third kappa shape index (κ3) is 3.67. The van der Waals surface area contributed by atoms with Crippen LogP contribution < -0.4 is 10.1 Å². The lowest BCUT2D eigenvalue weighted by Gasteiger charge is -2.16. The summed E-state index contributed by atoms with van der Waals surface area (Å²) in [6, 6.07) is 11.3. The van der Waals surface area contributed by atoms with Gasteiger partial charge in [0.25, 0.3) is 0 Å². The Bertz CT molecular complexity index is 1170. The fourth-order valence-corrected chi connectivity index (χ4v) is 4.21. The number of para-hydroxylation sites is 2. The molecular weight excluding hydrogens is 388 g/mol. The summed E-state index contributed by atoms with van der Waals surface area (Å²) in [5.74, 6) is 1.33. The van der Waals surface area contributed by atoms with E-state index in [4.69, 9.17) is 9.15 Å². The number of anilines is 1. The van der Waals surface area contributed by atoms with Crippen molar-refractivity contribution in [1.82, 2.24) is 14.6 Å². The van der Waals surface area contributed by atoms with Gasteiger partial charge in [0.05, 0.1) is 34.8 Å². The van der Waals surface area contributed by atoms with E-state index >= 15 is 0 Å². The third-order valence-electron chi connectivity index (χ3n) is 4.61. The zero-order valence-electron chi connectivity index (χ0n) is 16.5. The van der Waals surface area contributed by atoms with Crippen LogP contribution in [-0.4, -0.2) is 32.4 Å². The van der Waals surface area contributed by atoms with Crippen molar-refractivity contribution in [2.45, 2.75) is 37.5 Å². The first-order valence-corrected chi connectivity index (χ1v) is 10.4. The number of fused-ring (bicyclic) bond motifs is 3. The molecule has 7 nitrogen and oxygen atoms in total. The number of aryl methyl sites for hydroxylation is 1. The average Bonchev–Trinajstić information content (AvgIpc) is 3.31. The minimum Gasteiger partial charge on any atom is -0.492 e. The van der Waals surface area contributed by atoms with Crippen molar-refractivity contribution < 1.29 is 13.9 Å². The van der Waals surface area contributed by atoms with Crippen LogP contribution in [0, 0.1) is 6.92 Å². The molecule has 1 atom stereocenters. The molecule has 0 aliphatic carbocycles. The smallest absolute Gasteiger partial charge is 0.238 e. The second-order valence-corrected chi connectivity index (χ2v) is 7.71. The van der Waals surface area contributed by atoms with Gasteiger partial charge in [-0.2, -0.15) is 0 Å². The average molecular weight is 410 g/mol. The first-order valence-electron chi connectivity index (χ1n) is 9.53. The predicted molar refractivity (Wildman–Crippen MR) is 114 cm³/mol. The molecule has 150 valence electrons. The van der Waals surface area contributed by atoms with E-state index in [1.165, 1.54) is 11.8 Å². The molecule has 3 heterocycles. The lowest BCUT2D eigenvalue weighted by Crippen LogP contribution is -2.25. The number of nitrogens with one attached hydrogen (secondary N) is 1. The van der Waals surface area contributed by atoms with Crippen molar-refractivity contribution >= 4 is 40.0 Å². The number of carbonyl (C=O) groups is 1. The van der Waals surface area contributed by atoms with Crippen LogP contribution in [0.25, 0.3) is 16.6 Å². The van der Waals surface area contributed by atoms with Crippen molar-refractivity contribution in [3.63, 3.8) is 0 Å². The lowest BCUT2D eigenvalue weighted by molar-refractivity contribution is -0.115. The summed E-state index contributed by atoms with van der Waals surface area (Å²) in [5, 5.41) is 12.0. The van der Waals surface area contributed by atoms with Crippen LogP contribution in [0.1, 0.15) is 26.1 Å². The summed E-state index contributed by atoms with van der Waals surface area (Å²) >= 11 is 1.40. The number of nitrogens with zero attached hydrogens (tertiary/aromatic N) is 3. The largest absolute Gasteiger partial charge is 0.492 e. The molecule has 1 aromatic carbocycles. The van der Waals surface area contributed by atoms with Gasteiger partial charge in [-0.3, -0.25) is 9.20 Å². The molecule has 0 fully saturated rings. The second kappa shape index (κ2) is 8.16. The molecule has 0 unspecified atom stereocenters. The quantitative estimate of drug-likeness (QED) is 0.445. The molecule has 4 rings (SSSR count). The van der Waals surface area contributed by atoms with Gasteiger partial charge in [-0.25, -0.2) is 0 Å². The molecule has 4 aromatic rings. The Morgan fingerprint density at radius 3 is 2.86 bits per heavy atom. The number of hydrogen-bond acceptors (Lipinski definition) is 6. The number of rotatable bonds is 7. The highest BCUT2D eigenvalue weighted by molar-refractivity contribution is 8.00. The summed E-state index contributed by atoms with van der Waals surface area (Å²) < 4.78 is 13.1. The number of carbonyl (C=O) groups excluding carboxylic acids is 1. The van der Waals surface area contributed by atoms with Crippen LogP contribution in [0.5, 0.6) is 5.75 Å². The summed E-state index contributed by atoms with van der Waals surface area (Å²) in [4.78, 5) is 13.0. The Balaban J connectivity index is 1.61. The zero-order chi connectivity index (χ0) is 20.4. The maximum Gasteiger partial charge on any atom is 0.238 e. The fraction of sp³-hybridized carbons (Fsp3) is 0.286. The molecule has 0 aliphatic rings. The summed E-state index contributed by atoms with van der Waals surface area (Å²) in [5.41, 5.74) is 3.27. The molecular formula is C21H22N4O3S. The van der Waals surface area contributed by atoms with Crippen molar-refractivity contribution in [3.8, 4) is 5.75 Å².